The van der Waals surface area contributed by atoms with Gasteiger partial charge in [-0.2, -0.15) is 0 Å². The molecule has 33 heavy (non-hydrogen) atoms. The zero-order valence-electron chi connectivity index (χ0n) is 18.5. The number of nitrogens with one attached hydrogen (secondary N) is 2. The number of pyridine rings is 1. The highest BCUT2D eigenvalue weighted by atomic mass is 16.5. The number of rotatable bonds is 8. The predicted molar refractivity (Wildman–Crippen MR) is 124 cm³/mol. The molecule has 0 saturated heterocycles. The summed E-state index contributed by atoms with van der Waals surface area (Å²) < 4.78 is 4.93. The minimum atomic E-state index is -0.358. The number of anilines is 2. The Morgan fingerprint density at radius 3 is 2.64 bits per heavy atom. The predicted octanol–water partition coefficient (Wildman–Crippen LogP) is 3.34. The Hall–Kier alpha value is -3.75. The Bertz CT molecular complexity index is 1150. The largest absolute Gasteiger partial charge is 0.360 e. The maximum Gasteiger partial charge on any atom is 0.240 e. The zero-order chi connectivity index (χ0) is 23.2. The van der Waals surface area contributed by atoms with Gasteiger partial charge in [-0.05, 0) is 31.9 Å². The smallest absolute Gasteiger partial charge is 0.240 e. The van der Waals surface area contributed by atoms with Crippen molar-refractivity contribution in [2.24, 2.45) is 0 Å². The van der Waals surface area contributed by atoms with Crippen LogP contribution >= 0.6 is 0 Å². The third kappa shape index (κ3) is 5.94. The number of para-hydroxylation sites is 1. The van der Waals surface area contributed by atoms with Crippen molar-refractivity contribution in [1.82, 2.24) is 15.5 Å². The van der Waals surface area contributed by atoms with Gasteiger partial charge in [0.2, 0.25) is 17.7 Å². The van der Waals surface area contributed by atoms with Crippen LogP contribution in [0.15, 0.2) is 47.1 Å². The molecular weight excluding hydrogens is 422 g/mol. The maximum atomic E-state index is 13.1. The third-order valence-electron chi connectivity index (χ3n) is 5.67. The van der Waals surface area contributed by atoms with Crippen molar-refractivity contribution in [3.8, 4) is 0 Å². The lowest BCUT2D eigenvalue weighted by Gasteiger charge is -2.23. The van der Waals surface area contributed by atoms with E-state index in [1.165, 1.54) is 4.90 Å². The molecule has 1 aliphatic carbocycles. The molecule has 172 valence electrons. The number of carbonyl (C=O) groups is 3. The summed E-state index contributed by atoms with van der Waals surface area (Å²) in [4.78, 5) is 43.9. The molecule has 4 rings (SSSR count). The van der Waals surface area contributed by atoms with Gasteiger partial charge < -0.3 is 20.1 Å². The number of aryl methyl sites for hydroxylation is 1. The first-order chi connectivity index (χ1) is 16.0. The second kappa shape index (κ2) is 10.2. The molecule has 2 aromatic heterocycles. The van der Waals surface area contributed by atoms with Crippen LogP contribution in [0, 0.1) is 6.92 Å². The molecule has 1 aromatic carbocycles. The second-order valence-electron chi connectivity index (χ2n) is 8.29. The van der Waals surface area contributed by atoms with Crippen molar-refractivity contribution < 1.29 is 18.9 Å². The minimum absolute atomic E-state index is 0.0491. The van der Waals surface area contributed by atoms with E-state index in [2.05, 4.69) is 20.8 Å². The molecule has 9 nitrogen and oxygen atoms in total. The molecule has 2 heterocycles. The van der Waals surface area contributed by atoms with Gasteiger partial charge in [0, 0.05) is 30.3 Å². The van der Waals surface area contributed by atoms with Crippen molar-refractivity contribution in [3.63, 3.8) is 0 Å². The van der Waals surface area contributed by atoms with E-state index >= 15 is 0 Å². The zero-order valence-corrected chi connectivity index (χ0v) is 18.5. The van der Waals surface area contributed by atoms with Gasteiger partial charge in [-0.1, -0.05) is 36.2 Å². The van der Waals surface area contributed by atoms with Crippen LogP contribution in [-0.2, 0) is 14.4 Å². The molecule has 3 amide bonds. The van der Waals surface area contributed by atoms with Crippen LogP contribution in [0.1, 0.15) is 44.3 Å². The van der Waals surface area contributed by atoms with Gasteiger partial charge in [0.25, 0.3) is 0 Å². The van der Waals surface area contributed by atoms with Crippen molar-refractivity contribution >= 4 is 40.1 Å². The number of carbonyl (C=O) groups excluding carboxylic acids is 3. The fourth-order valence-corrected chi connectivity index (χ4v) is 4.00. The summed E-state index contributed by atoms with van der Waals surface area (Å²) in [6, 6.07) is 11.2. The van der Waals surface area contributed by atoms with Gasteiger partial charge in [0.15, 0.2) is 5.82 Å². The number of fused-ring (bicyclic) bond motifs is 1. The molecule has 1 aliphatic rings. The summed E-state index contributed by atoms with van der Waals surface area (Å²) in [5, 5.41) is 10.2. The van der Waals surface area contributed by atoms with Gasteiger partial charge in [-0.3, -0.25) is 19.4 Å². The van der Waals surface area contributed by atoms with Crippen molar-refractivity contribution in [2.45, 2.75) is 51.5 Å². The highest BCUT2D eigenvalue weighted by molar-refractivity contribution is 6.02. The fraction of sp³-hybridized carbons (Fsp3) is 0.375. The molecule has 9 heteroatoms. The second-order valence-corrected chi connectivity index (χ2v) is 8.29. The molecule has 2 N–H and O–H groups in total. The Balaban J connectivity index is 1.46. The van der Waals surface area contributed by atoms with E-state index in [0.717, 1.165) is 36.6 Å². The molecule has 1 saturated carbocycles. The Morgan fingerprint density at radius 1 is 1.09 bits per heavy atom. The summed E-state index contributed by atoms with van der Waals surface area (Å²) in [5.74, 6) is -0.0316. The molecule has 0 spiro atoms. The number of benzene rings is 1. The van der Waals surface area contributed by atoms with Gasteiger partial charge in [-0.15, -0.1) is 0 Å². The highest BCUT2D eigenvalue weighted by Crippen LogP contribution is 2.22. The molecule has 3 aromatic rings. The third-order valence-corrected chi connectivity index (χ3v) is 5.67. The molecular formula is C24H27N5O4. The molecule has 0 radical (unpaired) electrons. The summed E-state index contributed by atoms with van der Waals surface area (Å²) in [7, 11) is 0. The lowest BCUT2D eigenvalue weighted by molar-refractivity contribution is -0.125. The Labute approximate surface area is 191 Å². The van der Waals surface area contributed by atoms with Crippen LogP contribution in [0.4, 0.5) is 11.5 Å². The van der Waals surface area contributed by atoms with E-state index in [4.69, 9.17) is 4.52 Å². The average Bonchev–Trinajstić information content (AvgIpc) is 3.47. The molecule has 0 atom stereocenters. The number of amides is 3. The molecule has 0 unspecified atom stereocenters. The Kier molecular flexibility index (Phi) is 6.97. The van der Waals surface area contributed by atoms with E-state index in [-0.39, 0.29) is 43.1 Å². The summed E-state index contributed by atoms with van der Waals surface area (Å²) >= 11 is 0. The lowest BCUT2D eigenvalue weighted by Crippen LogP contribution is -2.44. The fourth-order valence-electron chi connectivity index (χ4n) is 4.00. The average molecular weight is 450 g/mol. The maximum absolute atomic E-state index is 13.1. The standard InChI is InChI=1S/C24H27N5O4/c1-16-12-21(28-33-16)27-22(30)10-11-24(32)29(15-23(31)26-18-7-3-4-8-18)19-13-17-6-2-5-9-20(17)25-14-19/h2,5-6,9,12-14,18H,3-4,7-8,10-11,15H2,1H3,(H,26,31)(H,27,28,30). The Morgan fingerprint density at radius 2 is 1.88 bits per heavy atom. The van der Waals surface area contributed by atoms with Crippen LogP contribution in [0.2, 0.25) is 0 Å². The van der Waals surface area contributed by atoms with Crippen molar-refractivity contribution in [1.29, 1.82) is 0 Å². The number of hydrogen-bond donors (Lipinski definition) is 2. The molecule has 0 bridgehead atoms. The van der Waals surface area contributed by atoms with E-state index in [0.29, 0.717) is 17.3 Å². The minimum Gasteiger partial charge on any atom is -0.360 e. The van der Waals surface area contributed by atoms with Gasteiger partial charge in [0.1, 0.15) is 12.3 Å². The van der Waals surface area contributed by atoms with Gasteiger partial charge >= 0.3 is 0 Å². The summed E-state index contributed by atoms with van der Waals surface area (Å²) in [6.07, 6.45) is 5.59. The van der Waals surface area contributed by atoms with Gasteiger partial charge in [-0.25, -0.2) is 0 Å². The van der Waals surface area contributed by atoms with E-state index in [1.54, 1.807) is 19.2 Å². The first-order valence-corrected chi connectivity index (χ1v) is 11.2. The van der Waals surface area contributed by atoms with Crippen LogP contribution in [-0.4, -0.2) is 40.4 Å². The van der Waals surface area contributed by atoms with Crippen LogP contribution in [0.5, 0.6) is 0 Å². The quantitative estimate of drug-likeness (QED) is 0.545. The SMILES string of the molecule is Cc1cc(NC(=O)CCC(=O)N(CC(=O)NC2CCCC2)c2cnc3ccccc3c2)no1. The number of aromatic nitrogens is 2. The van der Waals surface area contributed by atoms with Crippen molar-refractivity contribution in [2.75, 3.05) is 16.8 Å². The summed E-state index contributed by atoms with van der Waals surface area (Å²) in [5.41, 5.74) is 1.32. The topological polar surface area (TPSA) is 117 Å². The van der Waals surface area contributed by atoms with E-state index < -0.39 is 0 Å². The summed E-state index contributed by atoms with van der Waals surface area (Å²) in [6.45, 7) is 1.59. The first-order valence-electron chi connectivity index (χ1n) is 11.2. The van der Waals surface area contributed by atoms with Gasteiger partial charge in [0.05, 0.1) is 17.4 Å². The first kappa shape index (κ1) is 22.4. The normalized spacial score (nSPS) is 13.7. The van der Waals surface area contributed by atoms with E-state index in [9.17, 15) is 14.4 Å². The molecule has 1 fully saturated rings. The van der Waals surface area contributed by atoms with Crippen LogP contribution in [0.25, 0.3) is 10.9 Å². The number of hydrogen-bond acceptors (Lipinski definition) is 6. The van der Waals surface area contributed by atoms with Crippen LogP contribution in [0.3, 0.4) is 0 Å². The van der Waals surface area contributed by atoms with E-state index in [1.807, 2.05) is 30.3 Å². The van der Waals surface area contributed by atoms with Crippen LogP contribution < -0.4 is 15.5 Å². The van der Waals surface area contributed by atoms with Crippen molar-refractivity contribution in [3.05, 3.63) is 48.4 Å². The number of nitrogens with zero attached hydrogens (tertiary/aromatic N) is 3. The highest BCUT2D eigenvalue weighted by Gasteiger charge is 2.23. The monoisotopic (exact) mass is 449 g/mol. The lowest BCUT2D eigenvalue weighted by atomic mass is 10.2. The molecule has 0 aliphatic heterocycles.